The first-order chi connectivity index (χ1) is 9.40. The standard InChI is InChI=1S/C14H17F3O3/c15-14(16,17)10-20-9-5-4-8-12(13(18)19)11-6-2-1-3-7-11/h1-3,6-7,12H,4-5,8-10H2,(H,18,19). The van der Waals surface area contributed by atoms with Gasteiger partial charge in [0.05, 0.1) is 5.92 Å². The summed E-state index contributed by atoms with van der Waals surface area (Å²) in [6.45, 7) is -1.27. The van der Waals surface area contributed by atoms with Gasteiger partial charge in [-0.15, -0.1) is 0 Å². The lowest BCUT2D eigenvalue weighted by Crippen LogP contribution is -2.17. The van der Waals surface area contributed by atoms with Crippen LogP contribution >= 0.6 is 0 Å². The third kappa shape index (κ3) is 6.56. The number of halogens is 3. The first kappa shape index (κ1) is 16.5. The van der Waals surface area contributed by atoms with Crippen molar-refractivity contribution >= 4 is 5.97 Å². The highest BCUT2D eigenvalue weighted by molar-refractivity contribution is 5.75. The Morgan fingerprint density at radius 1 is 1.20 bits per heavy atom. The van der Waals surface area contributed by atoms with Crippen molar-refractivity contribution in [3.05, 3.63) is 35.9 Å². The highest BCUT2D eigenvalue weighted by atomic mass is 19.4. The molecule has 0 fully saturated rings. The van der Waals surface area contributed by atoms with Gasteiger partial charge in [-0.2, -0.15) is 13.2 Å². The minimum absolute atomic E-state index is 0.0133. The van der Waals surface area contributed by atoms with Gasteiger partial charge in [0, 0.05) is 6.61 Å². The summed E-state index contributed by atoms with van der Waals surface area (Å²) in [5, 5.41) is 9.16. The van der Waals surface area contributed by atoms with Gasteiger partial charge in [-0.25, -0.2) is 0 Å². The van der Waals surface area contributed by atoms with E-state index >= 15 is 0 Å². The smallest absolute Gasteiger partial charge is 0.411 e. The number of ether oxygens (including phenoxy) is 1. The Hall–Kier alpha value is -1.56. The summed E-state index contributed by atoms with van der Waals surface area (Å²) in [6.07, 6.45) is -3.02. The van der Waals surface area contributed by atoms with Crippen LogP contribution in [0.25, 0.3) is 0 Å². The molecule has 1 aromatic carbocycles. The van der Waals surface area contributed by atoms with E-state index in [0.717, 1.165) is 0 Å². The first-order valence-corrected chi connectivity index (χ1v) is 6.32. The Kier molecular flexibility index (Phi) is 6.51. The molecule has 0 bridgehead atoms. The van der Waals surface area contributed by atoms with E-state index in [-0.39, 0.29) is 6.61 Å². The summed E-state index contributed by atoms with van der Waals surface area (Å²) in [4.78, 5) is 11.2. The average Bonchev–Trinajstić information content (AvgIpc) is 2.37. The molecular weight excluding hydrogens is 273 g/mol. The Labute approximate surface area is 115 Å². The summed E-state index contributed by atoms with van der Waals surface area (Å²) in [5.41, 5.74) is 0.705. The number of hydrogen-bond donors (Lipinski definition) is 1. The zero-order valence-corrected chi connectivity index (χ0v) is 10.9. The number of carboxylic acid groups (broad SMARTS) is 1. The van der Waals surface area contributed by atoms with Gasteiger partial charge in [-0.1, -0.05) is 30.3 Å². The minimum atomic E-state index is -4.31. The van der Waals surface area contributed by atoms with Crippen LogP contribution in [0.4, 0.5) is 13.2 Å². The molecule has 0 radical (unpaired) electrons. The molecule has 0 heterocycles. The van der Waals surface area contributed by atoms with Crippen LogP contribution in [0.5, 0.6) is 0 Å². The predicted molar refractivity (Wildman–Crippen MR) is 67.5 cm³/mol. The fourth-order valence-electron chi connectivity index (χ4n) is 1.86. The number of carbonyl (C=O) groups is 1. The van der Waals surface area contributed by atoms with Gasteiger partial charge in [0.25, 0.3) is 0 Å². The largest absolute Gasteiger partial charge is 0.481 e. The number of carboxylic acids is 1. The van der Waals surface area contributed by atoms with Crippen molar-refractivity contribution in [2.24, 2.45) is 0 Å². The van der Waals surface area contributed by atoms with Crippen LogP contribution in [0, 0.1) is 0 Å². The molecule has 0 spiro atoms. The number of alkyl halides is 3. The first-order valence-electron chi connectivity index (χ1n) is 6.32. The Morgan fingerprint density at radius 3 is 2.40 bits per heavy atom. The SMILES string of the molecule is O=C(O)C(CCCCOCC(F)(F)F)c1ccccc1. The second kappa shape index (κ2) is 7.89. The predicted octanol–water partition coefficient (Wildman–Crippen LogP) is 3.60. The van der Waals surface area contributed by atoms with E-state index in [4.69, 9.17) is 5.11 Å². The molecule has 0 amide bonds. The topological polar surface area (TPSA) is 46.5 Å². The maximum Gasteiger partial charge on any atom is 0.411 e. The zero-order valence-electron chi connectivity index (χ0n) is 10.9. The van der Waals surface area contributed by atoms with Crippen LogP contribution in [0.3, 0.4) is 0 Å². The van der Waals surface area contributed by atoms with Crippen molar-refractivity contribution in [1.82, 2.24) is 0 Å². The molecule has 1 atom stereocenters. The molecule has 20 heavy (non-hydrogen) atoms. The number of hydrogen-bond acceptors (Lipinski definition) is 2. The second-order valence-corrected chi connectivity index (χ2v) is 4.47. The lowest BCUT2D eigenvalue weighted by molar-refractivity contribution is -0.174. The molecule has 0 aliphatic heterocycles. The Balaban J connectivity index is 2.29. The van der Waals surface area contributed by atoms with Gasteiger partial charge in [-0.3, -0.25) is 4.79 Å². The fraction of sp³-hybridized carbons (Fsp3) is 0.500. The van der Waals surface area contributed by atoms with Crippen LogP contribution < -0.4 is 0 Å². The maximum atomic E-state index is 11.8. The van der Waals surface area contributed by atoms with Crippen LogP contribution in [0.1, 0.15) is 30.7 Å². The molecule has 1 N–H and O–H groups in total. The number of benzene rings is 1. The summed E-state index contributed by atoms with van der Waals surface area (Å²) < 4.78 is 39.9. The molecule has 6 heteroatoms. The molecule has 1 aromatic rings. The van der Waals surface area contributed by atoms with Crippen molar-refractivity contribution < 1.29 is 27.8 Å². The third-order valence-corrected chi connectivity index (χ3v) is 2.80. The van der Waals surface area contributed by atoms with Crippen LogP contribution in [0.2, 0.25) is 0 Å². The molecule has 1 unspecified atom stereocenters. The third-order valence-electron chi connectivity index (χ3n) is 2.80. The number of unbranched alkanes of at least 4 members (excludes halogenated alkanes) is 1. The van der Waals surface area contributed by atoms with Crippen LogP contribution in [-0.2, 0) is 9.53 Å². The molecule has 0 saturated heterocycles. The van der Waals surface area contributed by atoms with Gasteiger partial charge in [0.2, 0.25) is 0 Å². The minimum Gasteiger partial charge on any atom is -0.481 e. The van der Waals surface area contributed by atoms with Crippen molar-refractivity contribution in [3.63, 3.8) is 0 Å². The summed E-state index contributed by atoms with van der Waals surface area (Å²) in [6, 6.07) is 8.79. The van der Waals surface area contributed by atoms with Gasteiger partial charge >= 0.3 is 12.1 Å². The molecule has 0 aromatic heterocycles. The van der Waals surface area contributed by atoms with Crippen LogP contribution in [-0.4, -0.2) is 30.5 Å². The lowest BCUT2D eigenvalue weighted by Gasteiger charge is -2.12. The van der Waals surface area contributed by atoms with E-state index in [0.29, 0.717) is 24.8 Å². The van der Waals surface area contributed by atoms with E-state index in [9.17, 15) is 18.0 Å². The van der Waals surface area contributed by atoms with Gasteiger partial charge in [0.1, 0.15) is 6.61 Å². The summed E-state index contributed by atoms with van der Waals surface area (Å²) >= 11 is 0. The molecular formula is C14H17F3O3. The lowest BCUT2D eigenvalue weighted by atomic mass is 9.94. The summed E-state index contributed by atoms with van der Waals surface area (Å²) in [7, 11) is 0. The Morgan fingerprint density at radius 2 is 1.85 bits per heavy atom. The van der Waals surface area contributed by atoms with Gasteiger partial charge < -0.3 is 9.84 Å². The van der Waals surface area contributed by atoms with E-state index < -0.39 is 24.7 Å². The molecule has 3 nitrogen and oxygen atoms in total. The normalized spacial score (nSPS) is 13.2. The van der Waals surface area contributed by atoms with Crippen LogP contribution in [0.15, 0.2) is 30.3 Å². The monoisotopic (exact) mass is 290 g/mol. The molecule has 0 saturated carbocycles. The van der Waals surface area contributed by atoms with Gasteiger partial charge in [-0.05, 0) is 24.8 Å². The van der Waals surface area contributed by atoms with Crippen molar-refractivity contribution in [1.29, 1.82) is 0 Å². The molecule has 0 aliphatic rings. The maximum absolute atomic E-state index is 11.8. The second-order valence-electron chi connectivity index (χ2n) is 4.47. The quantitative estimate of drug-likeness (QED) is 0.744. The van der Waals surface area contributed by atoms with E-state index in [2.05, 4.69) is 4.74 Å². The van der Waals surface area contributed by atoms with E-state index in [1.807, 2.05) is 0 Å². The highest BCUT2D eigenvalue weighted by Gasteiger charge is 2.27. The number of aliphatic carboxylic acids is 1. The average molecular weight is 290 g/mol. The van der Waals surface area contributed by atoms with Gasteiger partial charge in [0.15, 0.2) is 0 Å². The fourth-order valence-corrected chi connectivity index (χ4v) is 1.86. The Bertz CT molecular complexity index is 404. The van der Waals surface area contributed by atoms with Crippen molar-refractivity contribution in [2.75, 3.05) is 13.2 Å². The molecule has 1 rings (SSSR count). The zero-order chi connectivity index (χ0) is 15.0. The highest BCUT2D eigenvalue weighted by Crippen LogP contribution is 2.22. The molecule has 0 aliphatic carbocycles. The summed E-state index contributed by atoms with van der Waals surface area (Å²) in [5.74, 6) is -1.55. The molecule has 112 valence electrons. The van der Waals surface area contributed by atoms with Crippen molar-refractivity contribution in [2.45, 2.75) is 31.4 Å². The van der Waals surface area contributed by atoms with E-state index in [1.165, 1.54) is 0 Å². The number of rotatable bonds is 8. The van der Waals surface area contributed by atoms with E-state index in [1.54, 1.807) is 30.3 Å². The van der Waals surface area contributed by atoms with Crippen molar-refractivity contribution in [3.8, 4) is 0 Å².